The first-order valence-corrected chi connectivity index (χ1v) is 14.6. The second-order valence-corrected chi connectivity index (χ2v) is 12.1. The van der Waals surface area contributed by atoms with Crippen LogP contribution in [0.3, 0.4) is 0 Å². The lowest BCUT2D eigenvalue weighted by Gasteiger charge is -2.11. The minimum Gasteiger partial charge on any atom is -0.744 e. The Bertz CT molecular complexity index is 1420. The molecular formula is C30H24O3S3. The van der Waals surface area contributed by atoms with Crippen LogP contribution in [-0.4, -0.2) is 13.0 Å². The van der Waals surface area contributed by atoms with E-state index in [2.05, 4.69) is 115 Å². The van der Waals surface area contributed by atoms with E-state index in [9.17, 15) is 13.0 Å². The van der Waals surface area contributed by atoms with Crippen LogP contribution in [0.5, 0.6) is 0 Å². The fraction of sp³-hybridized carbons (Fsp3) is 0. The molecule has 0 saturated heterocycles. The molecule has 0 aromatic heterocycles. The molecule has 3 nitrogen and oxygen atoms in total. The second-order valence-electron chi connectivity index (χ2n) is 7.56. The minimum absolute atomic E-state index is 0.121. The van der Waals surface area contributed by atoms with E-state index < -0.39 is 10.1 Å². The second kappa shape index (κ2) is 12.6. The van der Waals surface area contributed by atoms with Gasteiger partial charge < -0.3 is 4.55 Å². The van der Waals surface area contributed by atoms with Crippen LogP contribution in [0, 0.1) is 0 Å². The van der Waals surface area contributed by atoms with E-state index in [1.165, 1.54) is 48.7 Å². The fourth-order valence-electron chi connectivity index (χ4n) is 3.41. The van der Waals surface area contributed by atoms with Gasteiger partial charge in [-0.15, -0.1) is 0 Å². The van der Waals surface area contributed by atoms with Gasteiger partial charge in [0.25, 0.3) is 0 Å². The van der Waals surface area contributed by atoms with Crippen molar-refractivity contribution in [1.29, 1.82) is 0 Å². The maximum atomic E-state index is 10.3. The Hall–Kier alpha value is -3.29. The van der Waals surface area contributed by atoms with Gasteiger partial charge in [0.2, 0.25) is 0 Å². The SMILES string of the molecule is O=S(=O)([O-])c1ccccc1.c1ccc(Sc2ccccc2[S+](c2ccccc2)c2ccccc2)cc1. The molecule has 0 N–H and O–H groups in total. The Labute approximate surface area is 220 Å². The number of hydrogen-bond acceptors (Lipinski definition) is 4. The molecule has 5 aromatic carbocycles. The zero-order valence-corrected chi connectivity index (χ0v) is 21.8. The third-order valence-corrected chi connectivity index (χ3v) is 9.38. The lowest BCUT2D eigenvalue weighted by molar-refractivity contribution is 0.463. The number of hydrogen-bond donors (Lipinski definition) is 0. The summed E-state index contributed by atoms with van der Waals surface area (Å²) in [6, 6.07) is 48.2. The van der Waals surface area contributed by atoms with Crippen LogP contribution >= 0.6 is 11.8 Å². The van der Waals surface area contributed by atoms with Gasteiger partial charge in [-0.25, -0.2) is 8.42 Å². The maximum Gasteiger partial charge on any atom is 0.180 e. The predicted octanol–water partition coefficient (Wildman–Crippen LogP) is 7.52. The summed E-state index contributed by atoms with van der Waals surface area (Å²) in [4.78, 5) is 6.47. The molecule has 0 unspecified atom stereocenters. The van der Waals surface area contributed by atoms with E-state index in [0.29, 0.717) is 0 Å². The van der Waals surface area contributed by atoms with Gasteiger partial charge in [-0.3, -0.25) is 0 Å². The first-order chi connectivity index (χ1) is 17.5. The standard InChI is InChI=1S/C24H19S2.C6H6O3S/c1-4-12-20(13-5-1)25-23-18-10-11-19-24(23)26(21-14-6-2-7-15-21)22-16-8-3-9-17-22;7-10(8,9)6-4-2-1-3-5-6/h1-19H;1-5H,(H,7,8,9)/q+1;/p-1. The summed E-state index contributed by atoms with van der Waals surface area (Å²) in [6.07, 6.45) is 0. The van der Waals surface area contributed by atoms with Crippen molar-refractivity contribution >= 4 is 32.8 Å². The van der Waals surface area contributed by atoms with Crippen molar-refractivity contribution in [1.82, 2.24) is 0 Å². The first kappa shape index (κ1) is 25.8. The third kappa shape index (κ3) is 7.12. The summed E-state index contributed by atoms with van der Waals surface area (Å²) in [7, 11) is -4.37. The molecule has 0 fully saturated rings. The molecule has 0 amide bonds. The zero-order chi connectivity index (χ0) is 25.2. The zero-order valence-electron chi connectivity index (χ0n) is 19.3. The molecule has 6 heteroatoms. The maximum absolute atomic E-state index is 10.3. The largest absolute Gasteiger partial charge is 0.744 e. The molecule has 0 radical (unpaired) electrons. The Morgan fingerprint density at radius 2 is 0.944 bits per heavy atom. The number of rotatable bonds is 6. The Morgan fingerprint density at radius 1 is 0.528 bits per heavy atom. The van der Waals surface area contributed by atoms with E-state index in [0.717, 1.165) is 0 Å². The molecule has 0 aliphatic heterocycles. The summed E-state index contributed by atoms with van der Waals surface area (Å²) in [6.45, 7) is 0. The molecule has 0 atom stereocenters. The highest BCUT2D eigenvalue weighted by Gasteiger charge is 2.31. The van der Waals surface area contributed by atoms with Gasteiger partial charge in [0.15, 0.2) is 14.7 Å². The van der Waals surface area contributed by atoms with Crippen molar-refractivity contribution in [2.75, 3.05) is 0 Å². The Morgan fingerprint density at radius 3 is 1.42 bits per heavy atom. The van der Waals surface area contributed by atoms with E-state index >= 15 is 0 Å². The molecule has 5 rings (SSSR count). The molecule has 0 bridgehead atoms. The summed E-state index contributed by atoms with van der Waals surface area (Å²) in [5.41, 5.74) is 0. The Balaban J connectivity index is 0.000000256. The molecule has 180 valence electrons. The van der Waals surface area contributed by atoms with Crippen LogP contribution in [-0.2, 0) is 21.0 Å². The average molecular weight is 529 g/mol. The van der Waals surface area contributed by atoms with E-state index in [-0.39, 0.29) is 15.8 Å². The van der Waals surface area contributed by atoms with Crippen molar-refractivity contribution in [2.45, 2.75) is 29.4 Å². The van der Waals surface area contributed by atoms with Crippen molar-refractivity contribution in [2.24, 2.45) is 0 Å². The third-order valence-electron chi connectivity index (χ3n) is 5.03. The van der Waals surface area contributed by atoms with E-state index in [1.54, 1.807) is 6.07 Å². The van der Waals surface area contributed by atoms with Crippen LogP contribution in [0.1, 0.15) is 0 Å². The summed E-state index contributed by atoms with van der Waals surface area (Å²) >= 11 is 1.84. The minimum atomic E-state index is -4.25. The molecule has 0 aliphatic rings. The molecule has 5 aromatic rings. The van der Waals surface area contributed by atoms with Crippen LogP contribution in [0.25, 0.3) is 0 Å². The van der Waals surface area contributed by atoms with Gasteiger partial charge in [0.05, 0.1) is 9.79 Å². The van der Waals surface area contributed by atoms with Gasteiger partial charge in [0.1, 0.15) is 21.0 Å². The monoisotopic (exact) mass is 528 g/mol. The highest BCUT2D eigenvalue weighted by molar-refractivity contribution is 8.01. The van der Waals surface area contributed by atoms with Crippen LogP contribution < -0.4 is 0 Å². The fourth-order valence-corrected chi connectivity index (χ4v) is 7.26. The van der Waals surface area contributed by atoms with Crippen molar-refractivity contribution in [3.8, 4) is 0 Å². The smallest absolute Gasteiger partial charge is 0.180 e. The van der Waals surface area contributed by atoms with Gasteiger partial charge in [0, 0.05) is 4.90 Å². The molecular weight excluding hydrogens is 505 g/mol. The first-order valence-electron chi connectivity index (χ1n) is 11.2. The summed E-state index contributed by atoms with van der Waals surface area (Å²) in [5, 5.41) is 0. The molecule has 0 saturated carbocycles. The van der Waals surface area contributed by atoms with Gasteiger partial charge in [-0.2, -0.15) is 0 Å². The van der Waals surface area contributed by atoms with Crippen LogP contribution in [0.4, 0.5) is 0 Å². The van der Waals surface area contributed by atoms with Gasteiger partial charge >= 0.3 is 0 Å². The molecule has 0 heterocycles. The van der Waals surface area contributed by atoms with Crippen molar-refractivity contribution < 1.29 is 13.0 Å². The normalized spacial score (nSPS) is 10.9. The van der Waals surface area contributed by atoms with Crippen LogP contribution in [0.2, 0.25) is 0 Å². The summed E-state index contributed by atoms with van der Waals surface area (Å²) in [5.74, 6) is 0. The molecule has 0 aliphatic carbocycles. The summed E-state index contributed by atoms with van der Waals surface area (Å²) < 4.78 is 30.8. The average Bonchev–Trinajstić information content (AvgIpc) is 2.92. The van der Waals surface area contributed by atoms with Crippen molar-refractivity contribution in [3.05, 3.63) is 146 Å². The van der Waals surface area contributed by atoms with Gasteiger partial charge in [-0.05, 0) is 60.7 Å². The lowest BCUT2D eigenvalue weighted by atomic mass is 10.3. The van der Waals surface area contributed by atoms with Crippen LogP contribution in [0.15, 0.2) is 175 Å². The lowest BCUT2D eigenvalue weighted by Crippen LogP contribution is -2.05. The highest BCUT2D eigenvalue weighted by Crippen LogP contribution is 2.39. The van der Waals surface area contributed by atoms with E-state index in [4.69, 9.17) is 0 Å². The molecule has 36 heavy (non-hydrogen) atoms. The topological polar surface area (TPSA) is 57.2 Å². The Kier molecular flexibility index (Phi) is 9.03. The van der Waals surface area contributed by atoms with E-state index in [1.807, 2.05) is 11.8 Å². The highest BCUT2D eigenvalue weighted by atomic mass is 32.2. The predicted molar refractivity (Wildman–Crippen MR) is 146 cm³/mol. The van der Waals surface area contributed by atoms with Gasteiger partial charge in [-0.1, -0.05) is 96.7 Å². The quantitative estimate of drug-likeness (QED) is 0.169. The molecule has 0 spiro atoms. The number of benzene rings is 5. The van der Waals surface area contributed by atoms with Crippen molar-refractivity contribution in [3.63, 3.8) is 0 Å².